The summed E-state index contributed by atoms with van der Waals surface area (Å²) in [6.45, 7) is 0. The van der Waals surface area contributed by atoms with Crippen molar-refractivity contribution in [3.8, 4) is 0 Å². The number of benzene rings is 1. The Morgan fingerprint density at radius 2 is 1.94 bits per heavy atom. The van der Waals surface area contributed by atoms with Gasteiger partial charge in [-0.05, 0) is 17.7 Å². The normalized spacial score (nSPS) is 24.6. The first-order valence-electron chi connectivity index (χ1n) is 5.48. The fourth-order valence-corrected chi connectivity index (χ4v) is 2.30. The molecule has 1 aliphatic rings. The highest BCUT2D eigenvalue weighted by atomic mass is 19.1. The van der Waals surface area contributed by atoms with E-state index in [1.165, 1.54) is 24.3 Å². The van der Waals surface area contributed by atoms with Crippen molar-refractivity contribution >= 4 is 5.78 Å². The SMILES string of the molecule is O=C1CC[C@@H]([N+](=O)[O-])[C@H](c2ccc(F)cc2)C1. The van der Waals surface area contributed by atoms with Crippen molar-refractivity contribution in [2.75, 3.05) is 0 Å². The molecule has 1 aromatic carbocycles. The van der Waals surface area contributed by atoms with E-state index in [1.807, 2.05) is 0 Å². The van der Waals surface area contributed by atoms with E-state index < -0.39 is 12.0 Å². The van der Waals surface area contributed by atoms with Crippen LogP contribution in [0, 0.1) is 15.9 Å². The molecule has 0 unspecified atom stereocenters. The summed E-state index contributed by atoms with van der Waals surface area (Å²) in [6, 6.07) is 4.85. The number of hydrogen-bond acceptors (Lipinski definition) is 3. The molecule has 0 saturated heterocycles. The third kappa shape index (κ3) is 2.49. The molecule has 0 heterocycles. The van der Waals surface area contributed by atoms with Gasteiger partial charge < -0.3 is 0 Å². The third-order valence-corrected chi connectivity index (χ3v) is 3.20. The van der Waals surface area contributed by atoms with Crippen molar-refractivity contribution in [3.63, 3.8) is 0 Å². The second-order valence-electron chi connectivity index (χ2n) is 4.29. The second-order valence-corrected chi connectivity index (χ2v) is 4.29. The first-order valence-corrected chi connectivity index (χ1v) is 5.48. The number of nitro groups is 1. The summed E-state index contributed by atoms with van der Waals surface area (Å²) >= 11 is 0. The van der Waals surface area contributed by atoms with Gasteiger partial charge in [0.2, 0.25) is 6.04 Å². The molecule has 0 amide bonds. The Balaban J connectivity index is 2.28. The molecule has 1 aromatic rings. The molecule has 90 valence electrons. The summed E-state index contributed by atoms with van der Waals surface area (Å²) in [5.74, 6) is -0.766. The van der Waals surface area contributed by atoms with E-state index >= 15 is 0 Å². The number of halogens is 1. The molecule has 0 aliphatic heterocycles. The van der Waals surface area contributed by atoms with Crippen LogP contribution in [0.15, 0.2) is 24.3 Å². The number of rotatable bonds is 2. The van der Waals surface area contributed by atoms with Crippen molar-refractivity contribution < 1.29 is 14.1 Å². The molecular weight excluding hydrogens is 225 g/mol. The first kappa shape index (κ1) is 11.7. The van der Waals surface area contributed by atoms with E-state index in [9.17, 15) is 19.3 Å². The zero-order valence-electron chi connectivity index (χ0n) is 9.14. The zero-order valence-corrected chi connectivity index (χ0v) is 9.14. The Morgan fingerprint density at radius 3 is 2.53 bits per heavy atom. The first-order chi connectivity index (χ1) is 8.08. The van der Waals surface area contributed by atoms with Crippen molar-refractivity contribution in [1.82, 2.24) is 0 Å². The van der Waals surface area contributed by atoms with Crippen LogP contribution in [-0.4, -0.2) is 16.7 Å². The molecule has 1 aliphatic carbocycles. The van der Waals surface area contributed by atoms with Crippen LogP contribution in [0.5, 0.6) is 0 Å². The highest BCUT2D eigenvalue weighted by Gasteiger charge is 2.38. The van der Waals surface area contributed by atoms with Crippen molar-refractivity contribution in [2.45, 2.75) is 31.2 Å². The molecule has 0 bridgehead atoms. The molecule has 4 nitrogen and oxygen atoms in total. The summed E-state index contributed by atoms with van der Waals surface area (Å²) < 4.78 is 12.8. The summed E-state index contributed by atoms with van der Waals surface area (Å²) in [4.78, 5) is 22.0. The lowest BCUT2D eigenvalue weighted by atomic mass is 9.79. The van der Waals surface area contributed by atoms with Crippen molar-refractivity contribution in [2.24, 2.45) is 0 Å². The van der Waals surface area contributed by atoms with Gasteiger partial charge in [-0.2, -0.15) is 0 Å². The van der Waals surface area contributed by atoms with Crippen molar-refractivity contribution in [1.29, 1.82) is 0 Å². The summed E-state index contributed by atoms with van der Waals surface area (Å²) in [7, 11) is 0. The number of ketones is 1. The van der Waals surface area contributed by atoms with Gasteiger partial charge in [0, 0.05) is 24.2 Å². The van der Waals surface area contributed by atoms with E-state index in [0.29, 0.717) is 5.56 Å². The summed E-state index contributed by atoms with van der Waals surface area (Å²) in [5.41, 5.74) is 0.668. The Morgan fingerprint density at radius 1 is 1.29 bits per heavy atom. The summed E-state index contributed by atoms with van der Waals surface area (Å²) in [6.07, 6.45) is 0.717. The van der Waals surface area contributed by atoms with Gasteiger partial charge in [0.15, 0.2) is 0 Å². The van der Waals surface area contributed by atoms with E-state index in [4.69, 9.17) is 0 Å². The fourth-order valence-electron chi connectivity index (χ4n) is 2.30. The molecule has 1 saturated carbocycles. The Hall–Kier alpha value is -1.78. The summed E-state index contributed by atoms with van der Waals surface area (Å²) in [5, 5.41) is 10.9. The van der Waals surface area contributed by atoms with Gasteiger partial charge >= 0.3 is 0 Å². The predicted molar refractivity (Wildman–Crippen MR) is 58.8 cm³/mol. The maximum atomic E-state index is 12.8. The molecule has 2 rings (SSSR count). The Kier molecular flexibility index (Phi) is 3.17. The van der Waals surface area contributed by atoms with Crippen LogP contribution in [0.1, 0.15) is 30.7 Å². The molecular formula is C12H12FNO3. The van der Waals surface area contributed by atoms with Gasteiger partial charge in [0.1, 0.15) is 11.6 Å². The molecule has 0 N–H and O–H groups in total. The Bertz CT molecular complexity index is 444. The average molecular weight is 237 g/mol. The minimum atomic E-state index is -0.738. The van der Waals surface area contributed by atoms with Crippen LogP contribution in [0.3, 0.4) is 0 Å². The highest BCUT2D eigenvalue weighted by molar-refractivity contribution is 5.80. The van der Waals surface area contributed by atoms with Crippen LogP contribution in [0.25, 0.3) is 0 Å². The van der Waals surface area contributed by atoms with Crippen LogP contribution in [0.4, 0.5) is 4.39 Å². The van der Waals surface area contributed by atoms with Crippen LogP contribution in [-0.2, 0) is 4.79 Å². The van der Waals surface area contributed by atoms with Gasteiger partial charge in [0.25, 0.3) is 0 Å². The van der Waals surface area contributed by atoms with Crippen LogP contribution < -0.4 is 0 Å². The molecule has 0 aromatic heterocycles. The van der Waals surface area contributed by atoms with E-state index in [-0.39, 0.29) is 35.8 Å². The average Bonchev–Trinajstić information content (AvgIpc) is 2.29. The molecule has 5 heteroatoms. The minimum absolute atomic E-state index is 0.0393. The number of nitrogens with zero attached hydrogens (tertiary/aromatic N) is 1. The van der Waals surface area contributed by atoms with E-state index in [2.05, 4.69) is 0 Å². The van der Waals surface area contributed by atoms with Gasteiger partial charge in [-0.25, -0.2) is 4.39 Å². The van der Waals surface area contributed by atoms with E-state index in [1.54, 1.807) is 0 Å². The number of carbonyl (C=O) groups excluding carboxylic acids is 1. The van der Waals surface area contributed by atoms with Crippen LogP contribution in [0.2, 0.25) is 0 Å². The number of Topliss-reactive ketones (excluding diaryl/α,β-unsaturated/α-hetero) is 1. The van der Waals surface area contributed by atoms with Gasteiger partial charge in [0.05, 0.1) is 5.92 Å². The lowest BCUT2D eigenvalue weighted by Crippen LogP contribution is -2.33. The molecule has 0 spiro atoms. The maximum absolute atomic E-state index is 12.8. The van der Waals surface area contributed by atoms with Gasteiger partial charge in [-0.3, -0.25) is 14.9 Å². The third-order valence-electron chi connectivity index (χ3n) is 3.20. The zero-order chi connectivity index (χ0) is 12.4. The lowest BCUT2D eigenvalue weighted by molar-refractivity contribution is -0.528. The minimum Gasteiger partial charge on any atom is -0.300 e. The fraction of sp³-hybridized carbons (Fsp3) is 0.417. The molecule has 17 heavy (non-hydrogen) atoms. The Labute approximate surface area is 97.6 Å². The van der Waals surface area contributed by atoms with Crippen molar-refractivity contribution in [3.05, 3.63) is 45.8 Å². The monoisotopic (exact) mass is 237 g/mol. The highest BCUT2D eigenvalue weighted by Crippen LogP contribution is 2.33. The van der Waals surface area contributed by atoms with E-state index in [0.717, 1.165) is 0 Å². The van der Waals surface area contributed by atoms with Gasteiger partial charge in [-0.1, -0.05) is 12.1 Å². The largest absolute Gasteiger partial charge is 0.300 e. The maximum Gasteiger partial charge on any atom is 0.220 e. The number of carbonyl (C=O) groups is 1. The van der Waals surface area contributed by atoms with Crippen LogP contribution >= 0.6 is 0 Å². The molecule has 0 radical (unpaired) electrons. The predicted octanol–water partition coefficient (Wildman–Crippen LogP) is 2.31. The smallest absolute Gasteiger partial charge is 0.220 e. The molecule has 1 fully saturated rings. The standard InChI is InChI=1S/C12H12FNO3/c13-9-3-1-8(2-4-9)11-7-10(15)5-6-12(11)14(16)17/h1-4,11-12H,5-7H2/t11-,12+/m0/s1. The topological polar surface area (TPSA) is 60.2 Å². The quantitative estimate of drug-likeness (QED) is 0.585. The molecule has 2 atom stereocenters. The van der Waals surface area contributed by atoms with Gasteiger partial charge in [-0.15, -0.1) is 0 Å². The lowest BCUT2D eigenvalue weighted by Gasteiger charge is -2.24. The second kappa shape index (κ2) is 4.61. The number of hydrogen-bond donors (Lipinski definition) is 0.